The molecule has 1 aromatic carbocycles. The number of anilines is 1. The first kappa shape index (κ1) is 24.0. The number of non-ortho nitro benzene ring substituents is 1. The molecule has 0 fully saturated rings. The molecular weight excluding hydrogens is 342 g/mol. The highest BCUT2D eigenvalue weighted by molar-refractivity contribution is 5.93. The Labute approximate surface area is 161 Å². The summed E-state index contributed by atoms with van der Waals surface area (Å²) < 4.78 is 0. The van der Waals surface area contributed by atoms with Crippen LogP contribution in [0, 0.1) is 24.0 Å². The third-order valence-corrected chi connectivity index (χ3v) is 3.69. The molecular formula is C21H29N3O3. The van der Waals surface area contributed by atoms with Crippen LogP contribution in [0.15, 0.2) is 54.5 Å². The number of carbonyl (C=O) groups is 1. The lowest BCUT2D eigenvalue weighted by Crippen LogP contribution is -2.10. The van der Waals surface area contributed by atoms with Crippen LogP contribution in [-0.4, -0.2) is 22.7 Å². The molecule has 0 spiro atoms. The molecule has 0 atom stereocenters. The fraction of sp³-hybridized carbons (Fsp3) is 0.333. The maximum atomic E-state index is 11.1. The van der Waals surface area contributed by atoms with Gasteiger partial charge in [0.15, 0.2) is 5.78 Å². The summed E-state index contributed by atoms with van der Waals surface area (Å²) in [6, 6.07) is 8.26. The molecule has 0 bridgehead atoms. The highest BCUT2D eigenvalue weighted by Gasteiger charge is 2.08. The normalized spacial score (nSPS) is 9.96. The van der Waals surface area contributed by atoms with Crippen molar-refractivity contribution >= 4 is 17.2 Å². The second-order valence-corrected chi connectivity index (χ2v) is 5.72. The lowest BCUT2D eigenvalue weighted by molar-refractivity contribution is -0.384. The second-order valence-electron chi connectivity index (χ2n) is 5.72. The third-order valence-electron chi connectivity index (χ3n) is 3.69. The van der Waals surface area contributed by atoms with Gasteiger partial charge in [-0.3, -0.25) is 19.9 Å². The van der Waals surface area contributed by atoms with Crippen LogP contribution < -0.4 is 4.90 Å². The number of hydrogen-bond acceptors (Lipinski definition) is 5. The highest BCUT2D eigenvalue weighted by atomic mass is 16.6. The molecule has 0 saturated carbocycles. The van der Waals surface area contributed by atoms with Crippen LogP contribution in [0.3, 0.4) is 0 Å². The fourth-order valence-corrected chi connectivity index (χ4v) is 1.82. The summed E-state index contributed by atoms with van der Waals surface area (Å²) in [5.74, 6) is -0.0257. The Morgan fingerprint density at radius 3 is 2.22 bits per heavy atom. The summed E-state index contributed by atoms with van der Waals surface area (Å²) in [4.78, 5) is 26.9. The molecule has 6 heteroatoms. The first-order valence-corrected chi connectivity index (χ1v) is 8.76. The minimum absolute atomic E-state index is 0.0257. The molecule has 0 aliphatic rings. The van der Waals surface area contributed by atoms with Gasteiger partial charge in [0.05, 0.1) is 4.92 Å². The number of allylic oxidation sites excluding steroid dienone is 1. The number of hydrogen-bond donors (Lipinski definition) is 0. The minimum Gasteiger partial charge on any atom is -0.350 e. The molecule has 0 aliphatic heterocycles. The van der Waals surface area contributed by atoms with Gasteiger partial charge in [-0.05, 0) is 51.0 Å². The van der Waals surface area contributed by atoms with Gasteiger partial charge < -0.3 is 4.90 Å². The maximum Gasteiger partial charge on any atom is 0.271 e. The Kier molecular flexibility index (Phi) is 11.0. The fourth-order valence-electron chi connectivity index (χ4n) is 1.82. The smallest absolute Gasteiger partial charge is 0.271 e. The van der Waals surface area contributed by atoms with Crippen LogP contribution in [0.5, 0.6) is 0 Å². The third kappa shape index (κ3) is 8.76. The van der Waals surface area contributed by atoms with E-state index < -0.39 is 4.92 Å². The van der Waals surface area contributed by atoms with Crippen LogP contribution in [0.2, 0.25) is 0 Å². The molecule has 27 heavy (non-hydrogen) atoms. The van der Waals surface area contributed by atoms with Crippen molar-refractivity contribution < 1.29 is 9.72 Å². The molecule has 0 radical (unpaired) electrons. The van der Waals surface area contributed by atoms with Crippen LogP contribution in [0.25, 0.3) is 0 Å². The molecule has 1 aromatic heterocycles. The number of aromatic nitrogens is 1. The molecule has 0 N–H and O–H groups in total. The van der Waals surface area contributed by atoms with Gasteiger partial charge in [0.2, 0.25) is 0 Å². The van der Waals surface area contributed by atoms with Crippen molar-refractivity contribution in [2.75, 3.05) is 11.9 Å². The van der Waals surface area contributed by atoms with Crippen molar-refractivity contribution in [2.24, 2.45) is 0 Å². The van der Waals surface area contributed by atoms with E-state index in [-0.39, 0.29) is 11.5 Å². The second kappa shape index (κ2) is 12.4. The molecule has 2 rings (SSSR count). The summed E-state index contributed by atoms with van der Waals surface area (Å²) in [7, 11) is 1.74. The number of pyridine rings is 1. The van der Waals surface area contributed by atoms with Crippen molar-refractivity contribution in [3.8, 4) is 0 Å². The van der Waals surface area contributed by atoms with E-state index in [2.05, 4.69) is 18.8 Å². The first-order valence-electron chi connectivity index (χ1n) is 8.76. The van der Waals surface area contributed by atoms with Gasteiger partial charge in [0.1, 0.15) is 0 Å². The van der Waals surface area contributed by atoms with Crippen molar-refractivity contribution in [2.45, 2.75) is 41.5 Å². The number of Topliss-reactive ketones (excluding diaryl/α,β-unsaturated/α-hetero) is 1. The Bertz CT molecular complexity index is 765. The van der Waals surface area contributed by atoms with E-state index in [0.717, 1.165) is 0 Å². The number of ketones is 1. The molecule has 1 heterocycles. The molecule has 0 saturated heterocycles. The molecule has 2 aromatic rings. The SMILES string of the molecule is CC.CC(=O)/C(C)=C\N(C)c1cccc([N+](=O)[O-])c1.Cc1ccncc1C. The van der Waals surface area contributed by atoms with E-state index in [1.54, 1.807) is 37.2 Å². The lowest BCUT2D eigenvalue weighted by Gasteiger charge is -2.14. The van der Waals surface area contributed by atoms with Crippen molar-refractivity contribution in [3.05, 3.63) is 75.7 Å². The van der Waals surface area contributed by atoms with Gasteiger partial charge in [-0.2, -0.15) is 0 Å². The predicted octanol–water partition coefficient (Wildman–Crippen LogP) is 5.25. The number of nitrogens with zero attached hydrogens (tertiary/aromatic N) is 3. The van der Waals surface area contributed by atoms with E-state index in [1.165, 1.54) is 30.2 Å². The summed E-state index contributed by atoms with van der Waals surface area (Å²) in [5, 5.41) is 10.6. The van der Waals surface area contributed by atoms with Gasteiger partial charge in [-0.15, -0.1) is 0 Å². The largest absolute Gasteiger partial charge is 0.350 e. The predicted molar refractivity (Wildman–Crippen MR) is 111 cm³/mol. The van der Waals surface area contributed by atoms with Gasteiger partial charge in [-0.25, -0.2) is 0 Å². The van der Waals surface area contributed by atoms with Gasteiger partial charge >= 0.3 is 0 Å². The molecule has 146 valence electrons. The summed E-state index contributed by atoms with van der Waals surface area (Å²) in [5.41, 5.74) is 3.86. The van der Waals surface area contributed by atoms with Gasteiger partial charge in [-0.1, -0.05) is 19.9 Å². The van der Waals surface area contributed by atoms with E-state index in [0.29, 0.717) is 11.3 Å². The number of rotatable bonds is 4. The zero-order valence-electron chi connectivity index (χ0n) is 17.2. The summed E-state index contributed by atoms with van der Waals surface area (Å²) in [6.45, 7) is 11.3. The lowest BCUT2D eigenvalue weighted by atomic mass is 10.2. The number of nitro benzene ring substituents is 1. The van der Waals surface area contributed by atoms with E-state index in [4.69, 9.17) is 0 Å². The Morgan fingerprint density at radius 1 is 1.15 bits per heavy atom. The average molecular weight is 371 g/mol. The summed E-state index contributed by atoms with van der Waals surface area (Å²) in [6.07, 6.45) is 5.33. The van der Waals surface area contributed by atoms with Crippen molar-refractivity contribution in [1.29, 1.82) is 0 Å². The molecule has 0 amide bonds. The van der Waals surface area contributed by atoms with Crippen molar-refractivity contribution in [1.82, 2.24) is 4.98 Å². The van der Waals surface area contributed by atoms with E-state index >= 15 is 0 Å². The standard InChI is InChI=1S/C12H14N2O3.C7H9N.C2H6/c1-9(10(2)15)8-13(3)11-5-4-6-12(7-11)14(16)17;1-6-3-4-8-5-7(6)2;1-2/h4-8H,1-3H3;3-5H,1-2H3;1-2H3/b9-8-;;. The number of nitro groups is 1. The monoisotopic (exact) mass is 371 g/mol. The van der Waals surface area contributed by atoms with Crippen molar-refractivity contribution in [3.63, 3.8) is 0 Å². The van der Waals surface area contributed by atoms with E-state index in [9.17, 15) is 14.9 Å². The zero-order chi connectivity index (χ0) is 21.0. The Balaban J connectivity index is 0.000000562. The average Bonchev–Trinajstić information content (AvgIpc) is 2.66. The minimum atomic E-state index is -0.446. The maximum absolute atomic E-state index is 11.1. The molecule has 0 unspecified atom stereocenters. The van der Waals surface area contributed by atoms with Gasteiger partial charge in [0.25, 0.3) is 5.69 Å². The van der Waals surface area contributed by atoms with Crippen LogP contribution >= 0.6 is 0 Å². The van der Waals surface area contributed by atoms with Crippen LogP contribution in [0.1, 0.15) is 38.8 Å². The quantitative estimate of drug-likeness (QED) is 0.417. The first-order chi connectivity index (χ1) is 12.7. The number of carbonyl (C=O) groups excluding carboxylic acids is 1. The number of aryl methyl sites for hydroxylation is 2. The van der Waals surface area contributed by atoms with E-state index in [1.807, 2.05) is 32.3 Å². The highest BCUT2D eigenvalue weighted by Crippen LogP contribution is 2.20. The number of benzene rings is 1. The molecule has 0 aliphatic carbocycles. The van der Waals surface area contributed by atoms with Crippen LogP contribution in [0.4, 0.5) is 11.4 Å². The summed E-state index contributed by atoms with van der Waals surface area (Å²) >= 11 is 0. The van der Waals surface area contributed by atoms with Crippen LogP contribution in [-0.2, 0) is 4.79 Å². The molecule has 6 nitrogen and oxygen atoms in total. The van der Waals surface area contributed by atoms with Gasteiger partial charge in [0, 0.05) is 49.0 Å². The Morgan fingerprint density at radius 2 is 1.78 bits per heavy atom. The Hall–Kier alpha value is -3.02. The zero-order valence-corrected chi connectivity index (χ0v) is 17.2. The topological polar surface area (TPSA) is 76.3 Å².